The van der Waals surface area contributed by atoms with E-state index >= 15 is 0 Å². The molecular weight excluding hydrogens is 260 g/mol. The Morgan fingerprint density at radius 1 is 1.19 bits per heavy atom. The molecule has 3 heteroatoms. The molecule has 0 bridgehead atoms. The van der Waals surface area contributed by atoms with Crippen molar-refractivity contribution in [2.75, 3.05) is 13.1 Å². The third-order valence-corrected chi connectivity index (χ3v) is 4.84. The van der Waals surface area contributed by atoms with Crippen molar-refractivity contribution in [3.05, 3.63) is 35.9 Å². The predicted molar refractivity (Wildman–Crippen MR) is 84.9 cm³/mol. The second-order valence-electron chi connectivity index (χ2n) is 6.43. The predicted octanol–water partition coefficient (Wildman–Crippen LogP) is 3.13. The van der Waals surface area contributed by atoms with Gasteiger partial charge in [-0.25, -0.2) is 0 Å². The lowest BCUT2D eigenvalue weighted by atomic mass is 9.92. The van der Waals surface area contributed by atoms with Gasteiger partial charge in [0.2, 0.25) is 5.91 Å². The monoisotopic (exact) mass is 286 g/mol. The molecule has 0 aromatic heterocycles. The van der Waals surface area contributed by atoms with Gasteiger partial charge in [0.1, 0.15) is 0 Å². The minimum Gasteiger partial charge on any atom is -0.353 e. The summed E-state index contributed by atoms with van der Waals surface area (Å²) < 4.78 is 0. The molecular formula is C18H26N2O. The van der Waals surface area contributed by atoms with E-state index in [0.29, 0.717) is 18.0 Å². The van der Waals surface area contributed by atoms with E-state index in [1.807, 2.05) is 0 Å². The van der Waals surface area contributed by atoms with Crippen molar-refractivity contribution in [2.24, 2.45) is 5.92 Å². The quantitative estimate of drug-likeness (QED) is 0.902. The van der Waals surface area contributed by atoms with Crippen LogP contribution in [0.5, 0.6) is 0 Å². The van der Waals surface area contributed by atoms with E-state index in [0.717, 1.165) is 32.4 Å². The topological polar surface area (TPSA) is 32.3 Å². The van der Waals surface area contributed by atoms with Gasteiger partial charge in [-0.2, -0.15) is 0 Å². The van der Waals surface area contributed by atoms with Gasteiger partial charge < -0.3 is 5.32 Å². The van der Waals surface area contributed by atoms with Crippen LogP contribution in [-0.2, 0) is 4.79 Å². The molecule has 3 rings (SSSR count). The van der Waals surface area contributed by atoms with Crippen LogP contribution in [0.25, 0.3) is 0 Å². The lowest BCUT2D eigenvalue weighted by Crippen LogP contribution is -2.42. The molecule has 21 heavy (non-hydrogen) atoms. The van der Waals surface area contributed by atoms with Gasteiger partial charge in [0.25, 0.3) is 0 Å². The SMILES string of the molecule is CC[C@@H](c1ccccc1)N1CCC(C(=O)NC2CC2)CC1. The number of amides is 1. The molecule has 1 aliphatic heterocycles. The Balaban J connectivity index is 1.55. The maximum Gasteiger partial charge on any atom is 0.223 e. The first kappa shape index (κ1) is 14.6. The summed E-state index contributed by atoms with van der Waals surface area (Å²) in [6.07, 6.45) is 5.49. The van der Waals surface area contributed by atoms with Gasteiger partial charge in [0, 0.05) is 18.0 Å². The molecule has 1 aromatic carbocycles. The van der Waals surface area contributed by atoms with Crippen LogP contribution in [0.3, 0.4) is 0 Å². The van der Waals surface area contributed by atoms with Gasteiger partial charge in [0.15, 0.2) is 0 Å². The minimum atomic E-state index is 0.232. The normalized spacial score (nSPS) is 22.0. The fourth-order valence-electron chi connectivity index (χ4n) is 3.40. The smallest absolute Gasteiger partial charge is 0.223 e. The molecule has 0 spiro atoms. The second-order valence-corrected chi connectivity index (χ2v) is 6.43. The standard InChI is InChI=1S/C18H26N2O/c1-2-17(14-6-4-3-5-7-14)20-12-10-15(11-13-20)18(21)19-16-8-9-16/h3-7,15-17H,2,8-13H2,1H3,(H,19,21)/t17-/m0/s1. The van der Waals surface area contributed by atoms with E-state index in [4.69, 9.17) is 0 Å². The van der Waals surface area contributed by atoms with Crippen molar-refractivity contribution in [2.45, 2.75) is 51.1 Å². The van der Waals surface area contributed by atoms with Crippen molar-refractivity contribution in [1.29, 1.82) is 0 Å². The zero-order valence-corrected chi connectivity index (χ0v) is 12.9. The highest BCUT2D eigenvalue weighted by Gasteiger charge is 2.31. The first-order valence-corrected chi connectivity index (χ1v) is 8.37. The van der Waals surface area contributed by atoms with Gasteiger partial charge in [-0.1, -0.05) is 37.3 Å². The molecule has 1 aromatic rings. The molecule has 1 N–H and O–H groups in total. The molecule has 1 saturated heterocycles. The summed E-state index contributed by atoms with van der Waals surface area (Å²) in [5.41, 5.74) is 1.40. The number of benzene rings is 1. The number of nitrogens with zero attached hydrogens (tertiary/aromatic N) is 1. The number of carbonyl (C=O) groups excluding carboxylic acids is 1. The first-order valence-electron chi connectivity index (χ1n) is 8.37. The van der Waals surface area contributed by atoms with Crippen LogP contribution in [0.2, 0.25) is 0 Å². The fourth-order valence-corrected chi connectivity index (χ4v) is 3.40. The van der Waals surface area contributed by atoms with Crippen molar-refractivity contribution in [3.8, 4) is 0 Å². The van der Waals surface area contributed by atoms with Gasteiger partial charge in [0.05, 0.1) is 0 Å². The molecule has 1 saturated carbocycles. The Morgan fingerprint density at radius 2 is 1.86 bits per heavy atom. The summed E-state index contributed by atoms with van der Waals surface area (Å²) in [6.45, 7) is 4.33. The van der Waals surface area contributed by atoms with Crippen molar-refractivity contribution in [3.63, 3.8) is 0 Å². The average Bonchev–Trinajstić information content (AvgIpc) is 3.34. The number of likely N-dealkylation sites (tertiary alicyclic amines) is 1. The summed E-state index contributed by atoms with van der Waals surface area (Å²) in [5.74, 6) is 0.528. The highest BCUT2D eigenvalue weighted by molar-refractivity contribution is 5.79. The molecule has 114 valence electrons. The second kappa shape index (κ2) is 6.61. The summed E-state index contributed by atoms with van der Waals surface area (Å²) in [5, 5.41) is 3.16. The van der Waals surface area contributed by atoms with Crippen LogP contribution in [0, 0.1) is 5.92 Å². The van der Waals surface area contributed by atoms with Crippen LogP contribution in [-0.4, -0.2) is 29.9 Å². The van der Waals surface area contributed by atoms with Crippen LogP contribution in [0.15, 0.2) is 30.3 Å². The zero-order valence-electron chi connectivity index (χ0n) is 12.9. The minimum absolute atomic E-state index is 0.232. The number of hydrogen-bond donors (Lipinski definition) is 1. The Hall–Kier alpha value is -1.35. The van der Waals surface area contributed by atoms with E-state index < -0.39 is 0 Å². The summed E-state index contributed by atoms with van der Waals surface area (Å²) >= 11 is 0. The number of carbonyl (C=O) groups is 1. The number of piperidine rings is 1. The van der Waals surface area contributed by atoms with Gasteiger partial charge in [-0.15, -0.1) is 0 Å². The Labute approximate surface area is 127 Å². The molecule has 1 aliphatic carbocycles. The number of rotatable bonds is 5. The molecule has 1 atom stereocenters. The molecule has 0 radical (unpaired) electrons. The largest absolute Gasteiger partial charge is 0.353 e. The number of hydrogen-bond acceptors (Lipinski definition) is 2. The lowest BCUT2D eigenvalue weighted by Gasteiger charge is -2.37. The van der Waals surface area contributed by atoms with E-state index in [-0.39, 0.29) is 5.92 Å². The Bertz CT molecular complexity index is 461. The molecule has 3 nitrogen and oxygen atoms in total. The Morgan fingerprint density at radius 3 is 2.43 bits per heavy atom. The molecule has 0 unspecified atom stereocenters. The highest BCUT2D eigenvalue weighted by Crippen LogP contribution is 2.29. The summed E-state index contributed by atoms with van der Waals surface area (Å²) in [4.78, 5) is 14.7. The first-order chi connectivity index (χ1) is 10.3. The maximum absolute atomic E-state index is 12.1. The van der Waals surface area contributed by atoms with Crippen LogP contribution < -0.4 is 5.32 Å². The summed E-state index contributed by atoms with van der Waals surface area (Å²) in [7, 11) is 0. The third kappa shape index (κ3) is 3.65. The lowest BCUT2D eigenvalue weighted by molar-refractivity contribution is -0.126. The van der Waals surface area contributed by atoms with E-state index in [1.165, 1.54) is 18.4 Å². The van der Waals surface area contributed by atoms with Gasteiger partial charge in [-0.05, 0) is 50.8 Å². The van der Waals surface area contributed by atoms with E-state index in [9.17, 15) is 4.79 Å². The van der Waals surface area contributed by atoms with Crippen LogP contribution >= 0.6 is 0 Å². The average molecular weight is 286 g/mol. The fraction of sp³-hybridized carbons (Fsp3) is 0.611. The number of nitrogens with one attached hydrogen (secondary N) is 1. The third-order valence-electron chi connectivity index (χ3n) is 4.84. The van der Waals surface area contributed by atoms with Gasteiger partial charge >= 0.3 is 0 Å². The summed E-state index contributed by atoms with van der Waals surface area (Å²) in [6, 6.07) is 11.7. The molecule has 2 aliphatic rings. The van der Waals surface area contributed by atoms with E-state index in [2.05, 4.69) is 47.5 Å². The molecule has 1 heterocycles. The van der Waals surface area contributed by atoms with Gasteiger partial charge in [-0.3, -0.25) is 9.69 Å². The van der Waals surface area contributed by atoms with Crippen molar-refractivity contribution in [1.82, 2.24) is 10.2 Å². The van der Waals surface area contributed by atoms with Crippen molar-refractivity contribution < 1.29 is 4.79 Å². The molecule has 1 amide bonds. The van der Waals surface area contributed by atoms with Crippen molar-refractivity contribution >= 4 is 5.91 Å². The zero-order chi connectivity index (χ0) is 14.7. The van der Waals surface area contributed by atoms with Crippen LogP contribution in [0.4, 0.5) is 0 Å². The highest BCUT2D eigenvalue weighted by atomic mass is 16.2. The van der Waals surface area contributed by atoms with Crippen LogP contribution in [0.1, 0.15) is 50.6 Å². The Kier molecular flexibility index (Phi) is 4.59. The molecule has 2 fully saturated rings. The van der Waals surface area contributed by atoms with E-state index in [1.54, 1.807) is 0 Å². The maximum atomic E-state index is 12.1.